The molecule has 0 radical (unpaired) electrons. The van der Waals surface area contributed by atoms with Crippen LogP contribution < -0.4 is 14.2 Å². The van der Waals surface area contributed by atoms with Crippen molar-refractivity contribution in [2.45, 2.75) is 6.04 Å². The van der Waals surface area contributed by atoms with Crippen LogP contribution in [0.15, 0.2) is 42.0 Å². The monoisotopic (exact) mass is 443 g/mol. The lowest BCUT2D eigenvalue weighted by molar-refractivity contribution is -0.140. The summed E-state index contributed by atoms with van der Waals surface area (Å²) in [4.78, 5) is 27.2. The maximum Gasteiger partial charge on any atom is 0.295 e. The number of hydrogen-bond donors (Lipinski definition) is 1. The summed E-state index contributed by atoms with van der Waals surface area (Å²) in [7, 11) is 2.84. The Balaban J connectivity index is 1.89. The minimum absolute atomic E-state index is 0.0280. The molecule has 8 nitrogen and oxygen atoms in total. The van der Waals surface area contributed by atoms with E-state index in [2.05, 4.69) is 0 Å². The van der Waals surface area contributed by atoms with Gasteiger partial charge in [-0.05, 0) is 35.9 Å². The zero-order valence-electron chi connectivity index (χ0n) is 17.6. The first-order valence-electron chi connectivity index (χ1n) is 9.97. The first kappa shape index (κ1) is 21.6. The first-order chi connectivity index (χ1) is 15.5. The zero-order valence-corrected chi connectivity index (χ0v) is 17.6. The van der Waals surface area contributed by atoms with Gasteiger partial charge >= 0.3 is 0 Å². The molecule has 2 aromatic carbocycles. The summed E-state index contributed by atoms with van der Waals surface area (Å²) in [5.74, 6) is -1.66. The van der Waals surface area contributed by atoms with E-state index in [-0.39, 0.29) is 30.0 Å². The normalized spacial score (nSPS) is 19.3. The van der Waals surface area contributed by atoms with Crippen molar-refractivity contribution >= 4 is 17.4 Å². The first-order valence-corrected chi connectivity index (χ1v) is 9.97. The number of Topliss-reactive ketones (excluding diaryl/α,β-unsaturated/α-hetero) is 1. The van der Waals surface area contributed by atoms with Gasteiger partial charge in [-0.2, -0.15) is 0 Å². The summed E-state index contributed by atoms with van der Waals surface area (Å²) in [6.45, 7) is 1.06. The maximum absolute atomic E-state index is 14.0. The highest BCUT2D eigenvalue weighted by Crippen LogP contribution is 2.43. The Kier molecular flexibility index (Phi) is 6.00. The number of ether oxygens (including phenoxy) is 4. The Bertz CT molecular complexity index is 1100. The van der Waals surface area contributed by atoms with Crippen LogP contribution in [-0.2, 0) is 14.3 Å². The number of ketones is 1. The molecular formula is C23H22FNO7. The molecule has 1 atom stereocenters. The van der Waals surface area contributed by atoms with Crippen LogP contribution in [0.3, 0.4) is 0 Å². The van der Waals surface area contributed by atoms with Gasteiger partial charge in [0.15, 0.2) is 11.5 Å². The van der Waals surface area contributed by atoms with Crippen LogP contribution in [0.4, 0.5) is 4.39 Å². The van der Waals surface area contributed by atoms with E-state index in [9.17, 15) is 19.1 Å². The fourth-order valence-corrected chi connectivity index (χ4v) is 3.89. The van der Waals surface area contributed by atoms with Gasteiger partial charge in [-0.15, -0.1) is 0 Å². The van der Waals surface area contributed by atoms with E-state index in [0.29, 0.717) is 30.3 Å². The van der Waals surface area contributed by atoms with Crippen LogP contribution in [0.5, 0.6) is 17.2 Å². The van der Waals surface area contributed by atoms with Crippen LogP contribution in [0.25, 0.3) is 5.76 Å². The fraction of sp³-hybridized carbons (Fsp3) is 0.304. The third-order valence-electron chi connectivity index (χ3n) is 5.37. The van der Waals surface area contributed by atoms with Crippen LogP contribution in [0.2, 0.25) is 0 Å². The molecule has 0 aliphatic carbocycles. The lowest BCUT2D eigenvalue weighted by atomic mass is 9.94. The molecular weight excluding hydrogens is 421 g/mol. The smallest absolute Gasteiger partial charge is 0.295 e. The van der Waals surface area contributed by atoms with Gasteiger partial charge in [0.05, 0.1) is 30.9 Å². The van der Waals surface area contributed by atoms with Gasteiger partial charge in [0.2, 0.25) is 0 Å². The van der Waals surface area contributed by atoms with Crippen LogP contribution in [0, 0.1) is 5.82 Å². The van der Waals surface area contributed by atoms with Crippen molar-refractivity contribution in [2.24, 2.45) is 0 Å². The number of aliphatic hydroxyl groups is 1. The minimum Gasteiger partial charge on any atom is -0.507 e. The highest BCUT2D eigenvalue weighted by atomic mass is 19.1. The number of nitrogens with zero attached hydrogens (tertiary/aromatic N) is 1. The largest absolute Gasteiger partial charge is 0.507 e. The molecule has 2 heterocycles. The summed E-state index contributed by atoms with van der Waals surface area (Å²) < 4.78 is 35.5. The second-order valence-corrected chi connectivity index (χ2v) is 7.23. The van der Waals surface area contributed by atoms with E-state index in [4.69, 9.17) is 18.9 Å². The number of methoxy groups -OCH3 is 2. The summed E-state index contributed by atoms with van der Waals surface area (Å²) in [5.41, 5.74) is 0.327. The molecule has 4 rings (SSSR count). The van der Waals surface area contributed by atoms with Crippen molar-refractivity contribution in [3.63, 3.8) is 0 Å². The SMILES string of the molecule is COCCN1C(=O)C(=O)/C(=C(/O)c2cc(F)ccc2OC)C1c1ccc2c(c1)OCCO2. The number of likely N-dealkylation sites (tertiary alicyclic amines) is 1. The molecule has 32 heavy (non-hydrogen) atoms. The highest BCUT2D eigenvalue weighted by Gasteiger charge is 2.46. The Morgan fingerprint density at radius 2 is 1.88 bits per heavy atom. The van der Waals surface area contributed by atoms with E-state index < -0.39 is 29.3 Å². The van der Waals surface area contributed by atoms with Gasteiger partial charge in [0, 0.05) is 13.7 Å². The van der Waals surface area contributed by atoms with E-state index in [1.54, 1.807) is 18.2 Å². The van der Waals surface area contributed by atoms with Crippen molar-refractivity contribution in [3.8, 4) is 17.2 Å². The van der Waals surface area contributed by atoms with Crippen molar-refractivity contribution in [3.05, 3.63) is 58.9 Å². The molecule has 0 spiro atoms. The summed E-state index contributed by atoms with van der Waals surface area (Å²) in [6.07, 6.45) is 0. The van der Waals surface area contributed by atoms with Gasteiger partial charge in [-0.1, -0.05) is 6.07 Å². The lowest BCUT2D eigenvalue weighted by Gasteiger charge is -2.26. The number of carbonyl (C=O) groups is 2. The van der Waals surface area contributed by atoms with Gasteiger partial charge in [-0.25, -0.2) is 4.39 Å². The van der Waals surface area contributed by atoms with E-state index in [1.165, 1.54) is 31.3 Å². The van der Waals surface area contributed by atoms with Gasteiger partial charge in [-0.3, -0.25) is 9.59 Å². The predicted molar refractivity (Wildman–Crippen MR) is 111 cm³/mol. The van der Waals surface area contributed by atoms with Crippen molar-refractivity contribution in [1.29, 1.82) is 0 Å². The summed E-state index contributed by atoms with van der Waals surface area (Å²) in [6, 6.07) is 7.67. The average molecular weight is 443 g/mol. The molecule has 1 amide bonds. The quantitative estimate of drug-likeness (QED) is 0.417. The third kappa shape index (κ3) is 3.75. The highest BCUT2D eigenvalue weighted by molar-refractivity contribution is 6.46. The number of benzene rings is 2. The molecule has 0 bridgehead atoms. The Morgan fingerprint density at radius 1 is 1.12 bits per heavy atom. The number of hydrogen-bond acceptors (Lipinski definition) is 7. The fourth-order valence-electron chi connectivity index (χ4n) is 3.89. The van der Waals surface area contributed by atoms with Gasteiger partial charge in [0.25, 0.3) is 11.7 Å². The Hall–Kier alpha value is -3.59. The Labute approximate surface area is 183 Å². The average Bonchev–Trinajstić information content (AvgIpc) is 3.06. The van der Waals surface area contributed by atoms with E-state index >= 15 is 0 Å². The number of aliphatic hydroxyl groups excluding tert-OH is 1. The number of amides is 1. The van der Waals surface area contributed by atoms with Crippen molar-refractivity contribution < 1.29 is 38.0 Å². The minimum atomic E-state index is -0.936. The zero-order chi connectivity index (χ0) is 22.8. The number of rotatable bonds is 6. The van der Waals surface area contributed by atoms with Crippen LogP contribution >= 0.6 is 0 Å². The molecule has 1 N–H and O–H groups in total. The topological polar surface area (TPSA) is 94.5 Å². The molecule has 2 aliphatic heterocycles. The van der Waals surface area contributed by atoms with E-state index in [0.717, 1.165) is 6.07 Å². The number of carbonyl (C=O) groups excluding carboxylic acids is 2. The molecule has 0 saturated carbocycles. The molecule has 0 aromatic heterocycles. The molecule has 1 fully saturated rings. The molecule has 2 aromatic rings. The standard InChI is InChI=1S/C23H22FNO7/c1-29-8-7-25-20(13-3-5-17-18(11-13)32-10-9-31-17)19(22(27)23(25)28)21(26)15-12-14(24)4-6-16(15)30-2/h3-6,11-12,20,26H,7-10H2,1-2H3/b21-19+. The van der Waals surface area contributed by atoms with Gasteiger partial charge in [0.1, 0.15) is 30.5 Å². The molecule has 168 valence electrons. The summed E-state index contributed by atoms with van der Waals surface area (Å²) >= 11 is 0. The maximum atomic E-state index is 14.0. The van der Waals surface area contributed by atoms with E-state index in [1.807, 2.05) is 0 Å². The number of halogens is 1. The molecule has 1 unspecified atom stereocenters. The summed E-state index contributed by atoms with van der Waals surface area (Å²) in [5, 5.41) is 11.1. The lowest BCUT2D eigenvalue weighted by Crippen LogP contribution is -2.32. The number of fused-ring (bicyclic) bond motifs is 1. The van der Waals surface area contributed by atoms with Crippen molar-refractivity contribution in [1.82, 2.24) is 4.90 Å². The molecule has 1 saturated heterocycles. The third-order valence-corrected chi connectivity index (χ3v) is 5.37. The second-order valence-electron chi connectivity index (χ2n) is 7.23. The van der Waals surface area contributed by atoms with Crippen LogP contribution in [-0.4, -0.2) is 62.3 Å². The van der Waals surface area contributed by atoms with Crippen molar-refractivity contribution in [2.75, 3.05) is 40.6 Å². The predicted octanol–water partition coefficient (Wildman–Crippen LogP) is 2.67. The van der Waals surface area contributed by atoms with Crippen LogP contribution in [0.1, 0.15) is 17.2 Å². The molecule has 9 heteroatoms. The Morgan fingerprint density at radius 3 is 2.59 bits per heavy atom. The van der Waals surface area contributed by atoms with Gasteiger partial charge < -0.3 is 29.0 Å². The molecule has 2 aliphatic rings. The second kappa shape index (κ2) is 8.88.